The Bertz CT molecular complexity index is 560. The van der Waals surface area contributed by atoms with Crippen LogP contribution in [0.4, 0.5) is 11.4 Å². The number of hydrogen-bond acceptors (Lipinski definition) is 3. The van der Waals surface area contributed by atoms with E-state index in [1.165, 1.54) is 5.56 Å². The zero-order valence-electron chi connectivity index (χ0n) is 10.5. The summed E-state index contributed by atoms with van der Waals surface area (Å²) >= 11 is 0. The summed E-state index contributed by atoms with van der Waals surface area (Å²) in [7, 11) is 1.94. The molecule has 0 aliphatic carbocycles. The highest BCUT2D eigenvalue weighted by molar-refractivity contribution is 5.99. The third-order valence-corrected chi connectivity index (χ3v) is 2.82. The first-order valence-electron chi connectivity index (χ1n) is 5.69. The molecule has 3 N–H and O–H groups in total. The monoisotopic (exact) mass is 240 g/mol. The molecule has 2 rings (SSSR count). The predicted octanol–water partition coefficient (Wildman–Crippen LogP) is 2.44. The van der Waals surface area contributed by atoms with Crippen LogP contribution in [0.25, 0.3) is 0 Å². The van der Waals surface area contributed by atoms with Crippen molar-refractivity contribution < 1.29 is 0 Å². The summed E-state index contributed by atoms with van der Waals surface area (Å²) in [5.41, 5.74) is 9.13. The van der Waals surface area contributed by atoms with Crippen molar-refractivity contribution in [1.29, 1.82) is 5.41 Å². The number of nitrogens with zero attached hydrogens (tertiary/aromatic N) is 2. The molecule has 2 aromatic rings. The van der Waals surface area contributed by atoms with Gasteiger partial charge in [-0.15, -0.1) is 0 Å². The molecule has 4 nitrogen and oxygen atoms in total. The molecule has 0 amide bonds. The number of nitrogens with two attached hydrogens (primary N) is 1. The van der Waals surface area contributed by atoms with E-state index in [-0.39, 0.29) is 5.84 Å². The topological polar surface area (TPSA) is 66.0 Å². The van der Waals surface area contributed by atoms with Gasteiger partial charge in [-0.25, -0.2) is 0 Å². The minimum absolute atomic E-state index is 0.0236. The Balaban J connectivity index is 2.42. The molecule has 0 fully saturated rings. The van der Waals surface area contributed by atoms with Gasteiger partial charge < -0.3 is 10.6 Å². The molecule has 0 saturated heterocycles. The van der Waals surface area contributed by atoms with E-state index >= 15 is 0 Å². The predicted molar refractivity (Wildman–Crippen MR) is 74.5 cm³/mol. The Kier molecular flexibility index (Phi) is 3.28. The molecule has 92 valence electrons. The minimum atomic E-state index is -0.0236. The Labute approximate surface area is 107 Å². The minimum Gasteiger partial charge on any atom is -0.382 e. The van der Waals surface area contributed by atoms with Crippen LogP contribution >= 0.6 is 0 Å². The fraction of sp³-hybridized carbons (Fsp3) is 0.143. The smallest absolute Gasteiger partial charge is 0.143 e. The van der Waals surface area contributed by atoms with Gasteiger partial charge in [0.1, 0.15) is 11.5 Å². The molecular formula is C14H16N4. The van der Waals surface area contributed by atoms with Gasteiger partial charge in [-0.05, 0) is 31.2 Å². The van der Waals surface area contributed by atoms with E-state index in [1.54, 1.807) is 6.20 Å². The van der Waals surface area contributed by atoms with E-state index in [0.29, 0.717) is 5.69 Å². The van der Waals surface area contributed by atoms with E-state index in [2.05, 4.69) is 24.0 Å². The largest absolute Gasteiger partial charge is 0.382 e. The SMILES string of the molecule is Cc1ccc(N(C)c2cccnc2C(=N)N)cc1. The van der Waals surface area contributed by atoms with Crippen LogP contribution in [0.2, 0.25) is 0 Å². The number of amidine groups is 1. The van der Waals surface area contributed by atoms with Crippen molar-refractivity contribution in [2.75, 3.05) is 11.9 Å². The Morgan fingerprint density at radius 1 is 1.22 bits per heavy atom. The van der Waals surface area contributed by atoms with Crippen LogP contribution < -0.4 is 10.6 Å². The average Bonchev–Trinajstić information content (AvgIpc) is 2.39. The Morgan fingerprint density at radius 2 is 1.89 bits per heavy atom. The second kappa shape index (κ2) is 4.87. The number of nitrogen functional groups attached to an aromatic ring is 1. The zero-order chi connectivity index (χ0) is 13.1. The molecule has 0 spiro atoms. The van der Waals surface area contributed by atoms with E-state index in [4.69, 9.17) is 11.1 Å². The molecule has 1 aromatic heterocycles. The molecule has 0 unspecified atom stereocenters. The third kappa shape index (κ3) is 2.32. The third-order valence-electron chi connectivity index (χ3n) is 2.82. The number of rotatable bonds is 3. The van der Waals surface area contributed by atoms with E-state index in [9.17, 15) is 0 Å². The highest BCUT2D eigenvalue weighted by Crippen LogP contribution is 2.25. The molecule has 18 heavy (non-hydrogen) atoms. The van der Waals surface area contributed by atoms with Crippen LogP contribution in [0.5, 0.6) is 0 Å². The maximum absolute atomic E-state index is 7.55. The molecule has 0 aliphatic heterocycles. The maximum atomic E-state index is 7.55. The Morgan fingerprint density at radius 3 is 2.50 bits per heavy atom. The maximum Gasteiger partial charge on any atom is 0.143 e. The lowest BCUT2D eigenvalue weighted by Crippen LogP contribution is -2.19. The Hall–Kier alpha value is -2.36. The van der Waals surface area contributed by atoms with Crippen molar-refractivity contribution >= 4 is 17.2 Å². The number of benzene rings is 1. The van der Waals surface area contributed by atoms with Gasteiger partial charge in [0.05, 0.1) is 5.69 Å². The molecule has 0 aliphatic rings. The van der Waals surface area contributed by atoms with Crippen molar-refractivity contribution in [2.24, 2.45) is 5.73 Å². The number of anilines is 2. The lowest BCUT2D eigenvalue weighted by molar-refractivity contribution is 1.15. The number of hydrogen-bond donors (Lipinski definition) is 2. The van der Waals surface area contributed by atoms with E-state index in [0.717, 1.165) is 11.4 Å². The summed E-state index contributed by atoms with van der Waals surface area (Å²) in [5, 5.41) is 7.55. The van der Waals surface area contributed by atoms with Crippen molar-refractivity contribution in [1.82, 2.24) is 4.98 Å². The van der Waals surface area contributed by atoms with Gasteiger partial charge in [0.2, 0.25) is 0 Å². The summed E-state index contributed by atoms with van der Waals surface area (Å²) < 4.78 is 0. The van der Waals surface area contributed by atoms with Gasteiger partial charge in [-0.3, -0.25) is 10.4 Å². The first-order valence-corrected chi connectivity index (χ1v) is 5.69. The molecule has 0 radical (unpaired) electrons. The highest BCUT2D eigenvalue weighted by atomic mass is 15.1. The summed E-state index contributed by atoms with van der Waals surface area (Å²) in [5.74, 6) is -0.0236. The second-order valence-electron chi connectivity index (χ2n) is 4.18. The highest BCUT2D eigenvalue weighted by Gasteiger charge is 2.11. The van der Waals surface area contributed by atoms with E-state index in [1.807, 2.05) is 36.2 Å². The summed E-state index contributed by atoms with van der Waals surface area (Å²) in [6, 6.07) is 11.9. The van der Waals surface area contributed by atoms with Gasteiger partial charge in [0.25, 0.3) is 0 Å². The molecule has 0 atom stereocenters. The summed E-state index contributed by atoms with van der Waals surface area (Å²) in [6.07, 6.45) is 1.64. The van der Waals surface area contributed by atoms with Gasteiger partial charge in [-0.2, -0.15) is 0 Å². The number of nitrogens with one attached hydrogen (secondary N) is 1. The first-order chi connectivity index (χ1) is 8.59. The first kappa shape index (κ1) is 12.1. The fourth-order valence-corrected chi connectivity index (χ4v) is 1.78. The molecule has 0 bridgehead atoms. The fourth-order valence-electron chi connectivity index (χ4n) is 1.78. The van der Waals surface area contributed by atoms with Gasteiger partial charge in [0, 0.05) is 18.9 Å². The summed E-state index contributed by atoms with van der Waals surface area (Å²) in [4.78, 5) is 6.13. The van der Waals surface area contributed by atoms with Crippen molar-refractivity contribution in [2.45, 2.75) is 6.92 Å². The molecule has 4 heteroatoms. The van der Waals surface area contributed by atoms with Crippen LogP contribution in [-0.4, -0.2) is 17.9 Å². The van der Waals surface area contributed by atoms with Crippen LogP contribution in [0.15, 0.2) is 42.6 Å². The number of aromatic nitrogens is 1. The van der Waals surface area contributed by atoms with Crippen LogP contribution in [-0.2, 0) is 0 Å². The molecular weight excluding hydrogens is 224 g/mol. The number of pyridine rings is 1. The second-order valence-corrected chi connectivity index (χ2v) is 4.18. The van der Waals surface area contributed by atoms with Crippen molar-refractivity contribution in [3.8, 4) is 0 Å². The van der Waals surface area contributed by atoms with Crippen molar-refractivity contribution in [3.05, 3.63) is 53.9 Å². The normalized spacial score (nSPS) is 10.1. The molecule has 1 aromatic carbocycles. The van der Waals surface area contributed by atoms with Gasteiger partial charge >= 0.3 is 0 Å². The molecule has 0 saturated carbocycles. The average molecular weight is 240 g/mol. The van der Waals surface area contributed by atoms with Crippen LogP contribution in [0.3, 0.4) is 0 Å². The standard InChI is InChI=1S/C14H16N4/c1-10-5-7-11(8-6-10)18(2)12-4-3-9-17-13(12)14(15)16/h3-9H,1-2H3,(H3,15,16). The summed E-state index contributed by atoms with van der Waals surface area (Å²) in [6.45, 7) is 2.05. The van der Waals surface area contributed by atoms with Gasteiger partial charge in [-0.1, -0.05) is 17.7 Å². The van der Waals surface area contributed by atoms with Gasteiger partial charge in [0.15, 0.2) is 0 Å². The zero-order valence-corrected chi connectivity index (χ0v) is 10.5. The quantitative estimate of drug-likeness (QED) is 0.639. The van der Waals surface area contributed by atoms with Crippen LogP contribution in [0.1, 0.15) is 11.3 Å². The number of aryl methyl sites for hydroxylation is 1. The van der Waals surface area contributed by atoms with E-state index < -0.39 is 0 Å². The lowest BCUT2D eigenvalue weighted by atomic mass is 10.2. The van der Waals surface area contributed by atoms with Crippen molar-refractivity contribution in [3.63, 3.8) is 0 Å². The van der Waals surface area contributed by atoms with Crippen LogP contribution in [0, 0.1) is 12.3 Å². The molecule has 1 heterocycles. The lowest BCUT2D eigenvalue weighted by Gasteiger charge is -2.21.